The number of rotatable bonds is 5. The molecule has 0 spiro atoms. The highest BCUT2D eigenvalue weighted by Crippen LogP contribution is 2.29. The first-order valence-electron chi connectivity index (χ1n) is 9.18. The van der Waals surface area contributed by atoms with E-state index < -0.39 is 0 Å². The van der Waals surface area contributed by atoms with E-state index in [1.165, 1.54) is 54.3 Å². The lowest BCUT2D eigenvalue weighted by Crippen LogP contribution is -2.16. The van der Waals surface area contributed by atoms with Crippen molar-refractivity contribution in [3.63, 3.8) is 0 Å². The fourth-order valence-corrected chi connectivity index (χ4v) is 3.85. The average Bonchev–Trinajstić information content (AvgIpc) is 3.12. The predicted molar refractivity (Wildman–Crippen MR) is 98.0 cm³/mol. The maximum absolute atomic E-state index is 4.42. The van der Waals surface area contributed by atoms with Crippen molar-refractivity contribution >= 4 is 10.9 Å². The van der Waals surface area contributed by atoms with Crippen molar-refractivity contribution in [2.24, 2.45) is 0 Å². The summed E-state index contributed by atoms with van der Waals surface area (Å²) < 4.78 is 2.18. The summed E-state index contributed by atoms with van der Waals surface area (Å²) in [5.41, 5.74) is 5.68. The maximum atomic E-state index is 4.42. The summed E-state index contributed by atoms with van der Waals surface area (Å²) in [6.45, 7) is 4.81. The highest BCUT2D eigenvalue weighted by atomic mass is 15.1. The van der Waals surface area contributed by atoms with Gasteiger partial charge in [-0.05, 0) is 55.9 Å². The van der Waals surface area contributed by atoms with Gasteiger partial charge in [0.25, 0.3) is 0 Å². The lowest BCUT2D eigenvalue weighted by molar-refractivity contribution is 0.613. The summed E-state index contributed by atoms with van der Waals surface area (Å²) in [6.07, 6.45) is 10.3. The number of nitrogens with one attached hydrogen (secondary N) is 2. The smallest absolute Gasteiger partial charge is 0.122 e. The number of aryl methyl sites for hydroxylation is 3. The molecule has 0 saturated carbocycles. The first-order valence-corrected chi connectivity index (χ1v) is 9.18. The number of fused-ring (bicyclic) bond motifs is 3. The van der Waals surface area contributed by atoms with E-state index in [-0.39, 0.29) is 0 Å². The summed E-state index contributed by atoms with van der Waals surface area (Å²) in [5.74, 6) is 1.11. The van der Waals surface area contributed by atoms with E-state index in [4.69, 9.17) is 0 Å². The van der Waals surface area contributed by atoms with Crippen molar-refractivity contribution in [1.29, 1.82) is 0 Å². The Hall–Kier alpha value is -2.07. The third-order valence-electron chi connectivity index (χ3n) is 5.17. The molecular weight excluding hydrogens is 296 g/mol. The maximum Gasteiger partial charge on any atom is 0.122 e. The van der Waals surface area contributed by atoms with E-state index in [2.05, 4.69) is 45.0 Å². The zero-order chi connectivity index (χ0) is 16.4. The first-order chi connectivity index (χ1) is 11.8. The van der Waals surface area contributed by atoms with Crippen LogP contribution in [0.4, 0.5) is 0 Å². The van der Waals surface area contributed by atoms with Crippen LogP contribution in [0.2, 0.25) is 0 Å². The molecule has 4 heteroatoms. The minimum atomic E-state index is 0.810. The summed E-state index contributed by atoms with van der Waals surface area (Å²) in [7, 11) is 0. The van der Waals surface area contributed by atoms with Crippen molar-refractivity contribution in [1.82, 2.24) is 19.9 Å². The van der Waals surface area contributed by atoms with Gasteiger partial charge in [0, 0.05) is 42.1 Å². The van der Waals surface area contributed by atoms with E-state index in [0.717, 1.165) is 25.5 Å². The van der Waals surface area contributed by atoms with Crippen molar-refractivity contribution in [3.05, 3.63) is 53.2 Å². The molecule has 0 saturated heterocycles. The van der Waals surface area contributed by atoms with Gasteiger partial charge in [0.05, 0.1) is 6.54 Å². The minimum absolute atomic E-state index is 0.810. The topological polar surface area (TPSA) is 45.6 Å². The van der Waals surface area contributed by atoms with Gasteiger partial charge >= 0.3 is 0 Å². The van der Waals surface area contributed by atoms with Crippen molar-refractivity contribution in [2.45, 2.75) is 58.7 Å². The van der Waals surface area contributed by atoms with Gasteiger partial charge in [-0.15, -0.1) is 0 Å². The van der Waals surface area contributed by atoms with Gasteiger partial charge in [0.15, 0.2) is 0 Å². The lowest BCUT2D eigenvalue weighted by Gasteiger charge is -2.07. The van der Waals surface area contributed by atoms with Gasteiger partial charge in [-0.25, -0.2) is 4.98 Å². The Morgan fingerprint density at radius 1 is 1.17 bits per heavy atom. The highest BCUT2D eigenvalue weighted by Gasteiger charge is 2.14. The zero-order valence-corrected chi connectivity index (χ0v) is 14.4. The molecule has 1 aliphatic rings. The number of imidazole rings is 1. The van der Waals surface area contributed by atoms with Crippen LogP contribution < -0.4 is 5.32 Å². The van der Waals surface area contributed by atoms with Gasteiger partial charge in [-0.2, -0.15) is 0 Å². The molecule has 0 fully saturated rings. The molecule has 0 aliphatic heterocycles. The molecule has 4 nitrogen and oxygen atoms in total. The summed E-state index contributed by atoms with van der Waals surface area (Å²) >= 11 is 0. The Balaban J connectivity index is 1.49. The Morgan fingerprint density at radius 2 is 2.08 bits per heavy atom. The third kappa shape index (κ3) is 2.98. The Kier molecular flexibility index (Phi) is 4.39. The second-order valence-electron chi connectivity index (χ2n) is 6.76. The van der Waals surface area contributed by atoms with Gasteiger partial charge in [-0.1, -0.05) is 12.5 Å². The molecule has 24 heavy (non-hydrogen) atoms. The van der Waals surface area contributed by atoms with E-state index in [0.29, 0.717) is 0 Å². The normalized spacial score (nSPS) is 14.7. The van der Waals surface area contributed by atoms with Crippen LogP contribution in [0.15, 0.2) is 30.6 Å². The van der Waals surface area contributed by atoms with Crippen LogP contribution in [-0.4, -0.2) is 14.5 Å². The largest absolute Gasteiger partial charge is 0.358 e. The third-order valence-corrected chi connectivity index (χ3v) is 5.17. The second-order valence-corrected chi connectivity index (χ2v) is 6.76. The fraction of sp³-hybridized carbons (Fsp3) is 0.450. The number of nitrogens with zero attached hydrogens (tertiary/aromatic N) is 2. The SMILES string of the molecule is CCn1ccnc1CNCc1ccc2[nH]c3c(c2c1)CCCCC3. The fourth-order valence-electron chi connectivity index (χ4n) is 3.85. The molecule has 0 bridgehead atoms. The van der Waals surface area contributed by atoms with Crippen LogP contribution in [0.5, 0.6) is 0 Å². The molecule has 0 atom stereocenters. The number of hydrogen-bond donors (Lipinski definition) is 2. The van der Waals surface area contributed by atoms with Crippen LogP contribution in [0.1, 0.15) is 48.8 Å². The van der Waals surface area contributed by atoms with Crippen LogP contribution in [0, 0.1) is 0 Å². The number of hydrogen-bond acceptors (Lipinski definition) is 2. The Morgan fingerprint density at radius 3 is 3.00 bits per heavy atom. The zero-order valence-electron chi connectivity index (χ0n) is 14.4. The van der Waals surface area contributed by atoms with E-state index >= 15 is 0 Å². The van der Waals surface area contributed by atoms with E-state index in [1.807, 2.05) is 12.4 Å². The van der Waals surface area contributed by atoms with Gasteiger partial charge < -0.3 is 14.9 Å². The molecule has 1 aliphatic carbocycles. The molecular formula is C20H26N4. The van der Waals surface area contributed by atoms with E-state index in [1.54, 1.807) is 5.56 Å². The standard InChI is InChI=1S/C20H26N4/c1-2-24-11-10-22-20(24)14-21-13-15-8-9-19-17(12-15)16-6-4-3-5-7-18(16)23-19/h8-12,21,23H,2-7,13-14H2,1H3. The number of aromatic nitrogens is 3. The average molecular weight is 322 g/mol. The van der Waals surface area contributed by atoms with E-state index in [9.17, 15) is 0 Å². The van der Waals surface area contributed by atoms with Crippen molar-refractivity contribution in [2.75, 3.05) is 0 Å². The molecule has 2 aromatic heterocycles. The molecule has 4 rings (SSSR count). The van der Waals surface area contributed by atoms with Gasteiger partial charge in [0.2, 0.25) is 0 Å². The summed E-state index contributed by atoms with van der Waals surface area (Å²) in [6, 6.07) is 6.85. The molecule has 1 aromatic carbocycles. The van der Waals surface area contributed by atoms with Crippen LogP contribution in [0.25, 0.3) is 10.9 Å². The quantitative estimate of drug-likeness (QED) is 0.699. The molecule has 0 radical (unpaired) electrons. The van der Waals surface area contributed by atoms with Crippen molar-refractivity contribution in [3.8, 4) is 0 Å². The monoisotopic (exact) mass is 322 g/mol. The number of aromatic amines is 1. The molecule has 0 amide bonds. The number of benzene rings is 1. The van der Waals surface area contributed by atoms with Crippen LogP contribution >= 0.6 is 0 Å². The minimum Gasteiger partial charge on any atom is -0.358 e. The van der Waals surface area contributed by atoms with Gasteiger partial charge in [-0.3, -0.25) is 0 Å². The molecule has 3 aromatic rings. The Labute approximate surface area is 143 Å². The first kappa shape index (κ1) is 15.5. The highest BCUT2D eigenvalue weighted by molar-refractivity contribution is 5.85. The molecule has 126 valence electrons. The predicted octanol–water partition coefficient (Wildman–Crippen LogP) is 3.94. The Bertz CT molecular complexity index is 827. The lowest BCUT2D eigenvalue weighted by atomic mass is 10.0. The summed E-state index contributed by atoms with van der Waals surface area (Å²) in [5, 5.41) is 4.97. The number of H-pyrrole nitrogens is 1. The molecule has 0 unspecified atom stereocenters. The van der Waals surface area contributed by atoms with Gasteiger partial charge in [0.1, 0.15) is 5.82 Å². The van der Waals surface area contributed by atoms with Crippen LogP contribution in [0.3, 0.4) is 0 Å². The van der Waals surface area contributed by atoms with Crippen LogP contribution in [-0.2, 0) is 32.5 Å². The molecule has 2 heterocycles. The van der Waals surface area contributed by atoms with Crippen molar-refractivity contribution < 1.29 is 0 Å². The molecule has 2 N–H and O–H groups in total. The second kappa shape index (κ2) is 6.81. The summed E-state index contributed by atoms with van der Waals surface area (Å²) in [4.78, 5) is 8.07.